The second kappa shape index (κ2) is 15.9. The summed E-state index contributed by atoms with van der Waals surface area (Å²) in [6, 6.07) is 29.1. The molecule has 0 saturated heterocycles. The van der Waals surface area contributed by atoms with Crippen LogP contribution in [-0.2, 0) is 32.6 Å². The van der Waals surface area contributed by atoms with Gasteiger partial charge < -0.3 is 15.0 Å². The molecule has 1 atom stereocenters. The van der Waals surface area contributed by atoms with Gasteiger partial charge in [-0.3, -0.25) is 13.9 Å². The van der Waals surface area contributed by atoms with Gasteiger partial charge in [0, 0.05) is 24.0 Å². The Bertz CT molecular complexity index is 1710. The van der Waals surface area contributed by atoms with Crippen LogP contribution in [-0.4, -0.2) is 51.4 Å². The number of rotatable bonds is 14. The Morgan fingerprint density at radius 1 is 0.870 bits per heavy atom. The van der Waals surface area contributed by atoms with E-state index in [1.54, 1.807) is 36.4 Å². The number of halogens is 1. The Morgan fingerprint density at radius 3 is 2.13 bits per heavy atom. The van der Waals surface area contributed by atoms with Gasteiger partial charge in [0.25, 0.3) is 10.0 Å². The number of aryl methyl sites for hydroxylation is 1. The molecule has 4 aromatic rings. The Hall–Kier alpha value is -4.15. The molecule has 10 heteroatoms. The number of hydrogen-bond donors (Lipinski definition) is 1. The van der Waals surface area contributed by atoms with Gasteiger partial charge in [-0.05, 0) is 72.5 Å². The zero-order valence-corrected chi connectivity index (χ0v) is 28.9. The third kappa shape index (κ3) is 9.20. The van der Waals surface area contributed by atoms with Crippen molar-refractivity contribution in [2.75, 3.05) is 24.5 Å². The number of methoxy groups -OCH3 is 1. The quantitative estimate of drug-likeness (QED) is 0.164. The summed E-state index contributed by atoms with van der Waals surface area (Å²) in [5, 5.41) is 3.01. The molecule has 242 valence electrons. The van der Waals surface area contributed by atoms with Gasteiger partial charge in [0.2, 0.25) is 11.8 Å². The molecule has 0 saturated carbocycles. The summed E-state index contributed by atoms with van der Waals surface area (Å²) in [6.07, 6.45) is 0.250. The second-order valence-corrected chi connectivity index (χ2v) is 14.3. The minimum atomic E-state index is -4.20. The van der Waals surface area contributed by atoms with Gasteiger partial charge >= 0.3 is 0 Å². The number of nitrogens with one attached hydrogen (secondary N) is 1. The highest BCUT2D eigenvalue weighted by Gasteiger charge is 2.34. The van der Waals surface area contributed by atoms with Gasteiger partial charge in [-0.1, -0.05) is 89.9 Å². The van der Waals surface area contributed by atoms with Gasteiger partial charge in [0.15, 0.2) is 0 Å². The number of anilines is 1. The average Bonchev–Trinajstić information content (AvgIpc) is 3.05. The number of hydrogen-bond acceptors (Lipinski definition) is 5. The molecule has 0 aliphatic heterocycles. The number of nitrogens with zero attached hydrogens (tertiary/aromatic N) is 2. The topological polar surface area (TPSA) is 96.0 Å². The SMILES string of the molecule is COc1ccc(S(=O)(=O)N(CC(=O)N(Cc2cccc(Br)c2)C(Cc2ccccc2)C(=O)NCC(C)C)c2ccc(C)cc2)cc1. The van der Waals surface area contributed by atoms with Gasteiger partial charge in [-0.25, -0.2) is 8.42 Å². The first kappa shape index (κ1) is 34.7. The number of benzene rings is 4. The summed E-state index contributed by atoms with van der Waals surface area (Å²) in [5.41, 5.74) is 2.94. The van der Waals surface area contributed by atoms with Crippen LogP contribution in [0.2, 0.25) is 0 Å². The van der Waals surface area contributed by atoms with Crippen LogP contribution < -0.4 is 14.4 Å². The zero-order valence-electron chi connectivity index (χ0n) is 26.5. The molecule has 46 heavy (non-hydrogen) atoms. The molecule has 4 aromatic carbocycles. The van der Waals surface area contributed by atoms with Crippen LogP contribution >= 0.6 is 15.9 Å². The van der Waals surface area contributed by atoms with Crippen LogP contribution in [0.1, 0.15) is 30.5 Å². The number of ether oxygens (including phenoxy) is 1. The monoisotopic (exact) mass is 705 g/mol. The van der Waals surface area contributed by atoms with Crippen LogP contribution in [0.25, 0.3) is 0 Å². The van der Waals surface area contributed by atoms with Crippen molar-refractivity contribution in [2.24, 2.45) is 5.92 Å². The van der Waals surface area contributed by atoms with E-state index < -0.39 is 28.5 Å². The van der Waals surface area contributed by atoms with Crippen LogP contribution in [0.3, 0.4) is 0 Å². The highest BCUT2D eigenvalue weighted by molar-refractivity contribution is 9.10. The van der Waals surface area contributed by atoms with Gasteiger partial charge in [-0.2, -0.15) is 0 Å². The Kier molecular flexibility index (Phi) is 12.0. The molecule has 0 fully saturated rings. The maximum Gasteiger partial charge on any atom is 0.264 e. The first-order chi connectivity index (χ1) is 22.0. The third-order valence-corrected chi connectivity index (χ3v) is 9.73. The normalized spacial score (nSPS) is 12.0. The summed E-state index contributed by atoms with van der Waals surface area (Å²) in [4.78, 5) is 29.9. The third-order valence-electron chi connectivity index (χ3n) is 7.45. The predicted octanol–water partition coefficient (Wildman–Crippen LogP) is 6.37. The molecular weight excluding hydrogens is 666 g/mol. The molecule has 1 N–H and O–H groups in total. The van der Waals surface area contributed by atoms with Crippen LogP contribution in [0.15, 0.2) is 112 Å². The Labute approximate surface area is 280 Å². The number of sulfonamides is 1. The minimum Gasteiger partial charge on any atom is -0.497 e. The number of carbonyl (C=O) groups is 2. The lowest BCUT2D eigenvalue weighted by Gasteiger charge is -2.34. The maximum absolute atomic E-state index is 14.5. The van der Waals surface area contributed by atoms with E-state index >= 15 is 0 Å². The van der Waals surface area contributed by atoms with Gasteiger partial charge in [0.1, 0.15) is 18.3 Å². The average molecular weight is 707 g/mol. The van der Waals surface area contributed by atoms with E-state index in [2.05, 4.69) is 21.2 Å². The first-order valence-corrected chi connectivity index (χ1v) is 17.3. The summed E-state index contributed by atoms with van der Waals surface area (Å²) in [5.74, 6) is -0.116. The summed E-state index contributed by atoms with van der Waals surface area (Å²) < 4.78 is 35.5. The number of amides is 2. The Balaban J connectivity index is 1.79. The fourth-order valence-electron chi connectivity index (χ4n) is 4.92. The van der Waals surface area contributed by atoms with Crippen molar-refractivity contribution in [2.45, 2.75) is 44.7 Å². The lowest BCUT2D eigenvalue weighted by Crippen LogP contribution is -2.53. The summed E-state index contributed by atoms with van der Waals surface area (Å²) in [6.45, 7) is 5.91. The second-order valence-electron chi connectivity index (χ2n) is 11.5. The first-order valence-electron chi connectivity index (χ1n) is 15.1. The maximum atomic E-state index is 14.5. The predicted molar refractivity (Wildman–Crippen MR) is 185 cm³/mol. The van der Waals surface area contributed by atoms with Gasteiger partial charge in [0.05, 0.1) is 17.7 Å². The molecular formula is C36H40BrN3O5S. The lowest BCUT2D eigenvalue weighted by molar-refractivity contribution is -0.140. The largest absolute Gasteiger partial charge is 0.497 e. The van der Waals surface area contributed by atoms with E-state index in [0.717, 1.165) is 25.5 Å². The van der Waals surface area contributed by atoms with E-state index in [-0.39, 0.29) is 29.7 Å². The minimum absolute atomic E-state index is 0.00993. The molecule has 0 radical (unpaired) electrons. The molecule has 8 nitrogen and oxygen atoms in total. The van der Waals surface area contributed by atoms with Crippen LogP contribution in [0.5, 0.6) is 5.75 Å². The van der Waals surface area contributed by atoms with Crippen molar-refractivity contribution in [3.05, 3.63) is 124 Å². The molecule has 0 aliphatic carbocycles. The van der Waals surface area contributed by atoms with E-state index in [1.807, 2.05) is 75.4 Å². The molecule has 0 aromatic heterocycles. The van der Waals surface area contributed by atoms with Crippen molar-refractivity contribution in [1.82, 2.24) is 10.2 Å². The van der Waals surface area contributed by atoms with Crippen LogP contribution in [0.4, 0.5) is 5.69 Å². The van der Waals surface area contributed by atoms with Crippen molar-refractivity contribution in [1.29, 1.82) is 0 Å². The van der Waals surface area contributed by atoms with E-state index in [4.69, 9.17) is 4.74 Å². The molecule has 2 amide bonds. The lowest BCUT2D eigenvalue weighted by atomic mass is 10.0. The zero-order chi connectivity index (χ0) is 33.3. The Morgan fingerprint density at radius 2 is 1.52 bits per heavy atom. The van der Waals surface area contributed by atoms with Crippen molar-refractivity contribution in [3.63, 3.8) is 0 Å². The molecule has 0 aliphatic rings. The summed E-state index contributed by atoms with van der Waals surface area (Å²) >= 11 is 3.51. The number of carbonyl (C=O) groups excluding carboxylic acids is 2. The molecule has 4 rings (SSSR count). The fourth-order valence-corrected chi connectivity index (χ4v) is 6.78. The summed E-state index contributed by atoms with van der Waals surface area (Å²) in [7, 11) is -2.70. The van der Waals surface area contributed by atoms with Crippen molar-refractivity contribution in [3.8, 4) is 5.75 Å². The van der Waals surface area contributed by atoms with Gasteiger partial charge in [-0.15, -0.1) is 0 Å². The highest BCUT2D eigenvalue weighted by atomic mass is 79.9. The van der Waals surface area contributed by atoms with E-state index in [1.165, 1.54) is 24.1 Å². The molecule has 0 spiro atoms. The fraction of sp³-hybridized carbons (Fsp3) is 0.278. The standard InChI is InChI=1S/C36H40BrN3O5S/c1-26(2)23-38-36(42)34(22-28-9-6-5-7-10-28)39(24-29-11-8-12-30(37)21-29)35(41)25-40(31-15-13-27(3)14-16-31)46(43,44)33-19-17-32(45-4)18-20-33/h5-21,26,34H,22-25H2,1-4H3,(H,38,42). The highest BCUT2D eigenvalue weighted by Crippen LogP contribution is 2.27. The molecule has 0 heterocycles. The van der Waals surface area contributed by atoms with Crippen LogP contribution in [0, 0.1) is 12.8 Å². The molecule has 0 bridgehead atoms. The van der Waals surface area contributed by atoms with E-state index in [0.29, 0.717) is 18.0 Å². The van der Waals surface area contributed by atoms with Crippen molar-refractivity contribution >= 4 is 43.5 Å². The van der Waals surface area contributed by atoms with E-state index in [9.17, 15) is 18.0 Å². The molecule has 1 unspecified atom stereocenters. The van der Waals surface area contributed by atoms with Crippen molar-refractivity contribution < 1.29 is 22.7 Å². The smallest absolute Gasteiger partial charge is 0.264 e.